The predicted octanol–water partition coefficient (Wildman–Crippen LogP) is 3.91. The van der Waals surface area contributed by atoms with Crippen molar-refractivity contribution in [2.75, 3.05) is 32.7 Å². The van der Waals surface area contributed by atoms with Gasteiger partial charge in [-0.15, -0.1) is 0 Å². The lowest BCUT2D eigenvalue weighted by molar-refractivity contribution is 0.0649. The monoisotopic (exact) mass is 363 g/mol. The van der Waals surface area contributed by atoms with Crippen LogP contribution in [0.4, 0.5) is 0 Å². The van der Waals surface area contributed by atoms with E-state index in [1.165, 1.54) is 24.1 Å². The van der Waals surface area contributed by atoms with E-state index in [0.717, 1.165) is 44.0 Å². The molecule has 0 radical (unpaired) electrons. The normalized spacial score (nSPS) is 18.4. The molecule has 1 aliphatic heterocycles. The molecular formula is C23H29N3O. The Bertz CT molecular complexity index is 825. The molecule has 1 aromatic carbocycles. The molecule has 1 aromatic heterocycles. The summed E-state index contributed by atoms with van der Waals surface area (Å²) in [5, 5.41) is 0. The van der Waals surface area contributed by atoms with Gasteiger partial charge in [-0.1, -0.05) is 42.5 Å². The first kappa shape index (κ1) is 18.1. The van der Waals surface area contributed by atoms with Gasteiger partial charge >= 0.3 is 0 Å². The van der Waals surface area contributed by atoms with E-state index in [1.807, 2.05) is 11.0 Å². The van der Waals surface area contributed by atoms with Crippen molar-refractivity contribution >= 4 is 12.0 Å². The third kappa shape index (κ3) is 4.01. The number of amides is 1. The van der Waals surface area contributed by atoms with E-state index in [0.29, 0.717) is 6.04 Å². The maximum Gasteiger partial charge on any atom is 0.255 e. The van der Waals surface area contributed by atoms with Gasteiger partial charge in [0.25, 0.3) is 5.91 Å². The van der Waals surface area contributed by atoms with Crippen molar-refractivity contribution < 1.29 is 4.79 Å². The first-order chi connectivity index (χ1) is 13.1. The van der Waals surface area contributed by atoms with Gasteiger partial charge in [-0.25, -0.2) is 0 Å². The van der Waals surface area contributed by atoms with Crippen LogP contribution in [0.25, 0.3) is 6.08 Å². The lowest BCUT2D eigenvalue weighted by Crippen LogP contribution is -2.48. The molecule has 2 fully saturated rings. The second-order valence-corrected chi connectivity index (χ2v) is 7.79. The van der Waals surface area contributed by atoms with E-state index in [4.69, 9.17) is 0 Å². The van der Waals surface area contributed by atoms with E-state index in [1.54, 1.807) is 0 Å². The van der Waals surface area contributed by atoms with Crippen LogP contribution in [-0.2, 0) is 0 Å². The maximum absolute atomic E-state index is 13.0. The molecule has 1 aliphatic carbocycles. The third-order valence-corrected chi connectivity index (χ3v) is 5.76. The summed E-state index contributed by atoms with van der Waals surface area (Å²) in [5.74, 6) is 0.203. The van der Waals surface area contributed by atoms with Crippen molar-refractivity contribution in [2.24, 2.45) is 0 Å². The molecule has 2 aliphatic rings. The average molecular weight is 364 g/mol. The molecule has 0 unspecified atom stereocenters. The Morgan fingerprint density at radius 1 is 1.07 bits per heavy atom. The first-order valence-electron chi connectivity index (χ1n) is 10.0. The molecule has 142 valence electrons. The second-order valence-electron chi connectivity index (χ2n) is 7.79. The second kappa shape index (κ2) is 7.73. The quantitative estimate of drug-likeness (QED) is 0.806. The molecule has 0 spiro atoms. The van der Waals surface area contributed by atoms with Crippen molar-refractivity contribution in [2.45, 2.75) is 32.7 Å². The van der Waals surface area contributed by atoms with Gasteiger partial charge in [0.05, 0.1) is 5.56 Å². The zero-order valence-electron chi connectivity index (χ0n) is 16.4. The SMILES string of the molecule is Cc1cc(C(=O)N2CCN(C/C=C/c3ccccc3)CC2)c(C)n1C1CC1. The van der Waals surface area contributed by atoms with Crippen LogP contribution in [0.2, 0.25) is 0 Å². The van der Waals surface area contributed by atoms with Crippen LogP contribution in [0.5, 0.6) is 0 Å². The van der Waals surface area contributed by atoms with Crippen LogP contribution in [0.1, 0.15) is 46.2 Å². The van der Waals surface area contributed by atoms with Crippen molar-refractivity contribution in [3.63, 3.8) is 0 Å². The molecule has 1 saturated carbocycles. The molecule has 4 heteroatoms. The minimum Gasteiger partial charge on any atom is -0.345 e. The van der Waals surface area contributed by atoms with Crippen LogP contribution in [0.3, 0.4) is 0 Å². The Balaban J connectivity index is 1.32. The number of hydrogen-bond donors (Lipinski definition) is 0. The number of aryl methyl sites for hydroxylation is 1. The number of rotatable bonds is 5. The van der Waals surface area contributed by atoms with E-state index in [9.17, 15) is 4.79 Å². The summed E-state index contributed by atoms with van der Waals surface area (Å²) in [6.07, 6.45) is 6.89. The summed E-state index contributed by atoms with van der Waals surface area (Å²) < 4.78 is 2.36. The highest BCUT2D eigenvalue weighted by Crippen LogP contribution is 2.38. The zero-order chi connectivity index (χ0) is 18.8. The molecule has 4 rings (SSSR count). The van der Waals surface area contributed by atoms with Crippen LogP contribution in [0, 0.1) is 13.8 Å². The van der Waals surface area contributed by atoms with Crippen molar-refractivity contribution in [3.8, 4) is 0 Å². The first-order valence-corrected chi connectivity index (χ1v) is 10.0. The number of nitrogens with zero attached hydrogens (tertiary/aromatic N) is 3. The van der Waals surface area contributed by atoms with Gasteiger partial charge in [-0.3, -0.25) is 9.69 Å². The Labute approximate surface area is 162 Å². The highest BCUT2D eigenvalue weighted by molar-refractivity contribution is 5.95. The summed E-state index contributed by atoms with van der Waals surface area (Å²) in [4.78, 5) is 17.5. The molecule has 0 atom stereocenters. The van der Waals surface area contributed by atoms with Crippen molar-refractivity contribution in [3.05, 3.63) is 65.0 Å². The van der Waals surface area contributed by atoms with E-state index in [-0.39, 0.29) is 5.91 Å². The van der Waals surface area contributed by atoms with Gasteiger partial charge < -0.3 is 9.47 Å². The van der Waals surface area contributed by atoms with Gasteiger partial charge in [-0.05, 0) is 38.3 Å². The van der Waals surface area contributed by atoms with Crippen LogP contribution in [-0.4, -0.2) is 53.0 Å². The Hall–Kier alpha value is -2.33. The third-order valence-electron chi connectivity index (χ3n) is 5.76. The van der Waals surface area contributed by atoms with Crippen molar-refractivity contribution in [1.29, 1.82) is 0 Å². The summed E-state index contributed by atoms with van der Waals surface area (Å²) in [6.45, 7) is 8.66. The van der Waals surface area contributed by atoms with Crippen LogP contribution < -0.4 is 0 Å². The Kier molecular flexibility index (Phi) is 5.17. The van der Waals surface area contributed by atoms with Crippen LogP contribution in [0.15, 0.2) is 42.5 Å². The molecule has 2 aromatic rings. The fraction of sp³-hybridized carbons (Fsp3) is 0.435. The summed E-state index contributed by atoms with van der Waals surface area (Å²) in [5.41, 5.74) is 4.51. The molecule has 27 heavy (non-hydrogen) atoms. The van der Waals surface area contributed by atoms with E-state index >= 15 is 0 Å². The summed E-state index contributed by atoms with van der Waals surface area (Å²) >= 11 is 0. The average Bonchev–Trinajstić information content (AvgIpc) is 3.47. The lowest BCUT2D eigenvalue weighted by Gasteiger charge is -2.34. The molecule has 4 nitrogen and oxygen atoms in total. The Morgan fingerprint density at radius 2 is 1.78 bits per heavy atom. The highest BCUT2D eigenvalue weighted by atomic mass is 16.2. The van der Waals surface area contributed by atoms with Gasteiger partial charge in [-0.2, -0.15) is 0 Å². The topological polar surface area (TPSA) is 28.5 Å². The number of piperazine rings is 1. The number of carbonyl (C=O) groups excluding carboxylic acids is 1. The molecule has 0 bridgehead atoms. The largest absolute Gasteiger partial charge is 0.345 e. The standard InChI is InChI=1S/C23H29N3O/c1-18-17-22(19(2)26(18)21-10-11-21)23(27)25-15-13-24(14-16-25)12-6-9-20-7-4-3-5-8-20/h3-9,17,21H,10-16H2,1-2H3/b9-6+. The van der Waals surface area contributed by atoms with Gasteiger partial charge in [0.1, 0.15) is 0 Å². The van der Waals surface area contributed by atoms with Crippen molar-refractivity contribution in [1.82, 2.24) is 14.4 Å². The molecule has 1 amide bonds. The zero-order valence-corrected chi connectivity index (χ0v) is 16.4. The molecule has 2 heterocycles. The smallest absolute Gasteiger partial charge is 0.255 e. The number of carbonyl (C=O) groups is 1. The van der Waals surface area contributed by atoms with Gasteiger partial charge in [0, 0.05) is 50.2 Å². The Morgan fingerprint density at radius 3 is 2.44 bits per heavy atom. The van der Waals surface area contributed by atoms with Crippen LogP contribution >= 0.6 is 0 Å². The predicted molar refractivity (Wildman–Crippen MR) is 110 cm³/mol. The summed E-state index contributed by atoms with van der Waals surface area (Å²) in [6, 6.07) is 13.1. The highest BCUT2D eigenvalue weighted by Gasteiger charge is 2.30. The number of benzene rings is 1. The molecule has 1 saturated heterocycles. The number of hydrogen-bond acceptors (Lipinski definition) is 2. The fourth-order valence-corrected chi connectivity index (χ4v) is 4.09. The minimum atomic E-state index is 0.203. The maximum atomic E-state index is 13.0. The summed E-state index contributed by atoms with van der Waals surface area (Å²) in [7, 11) is 0. The lowest BCUT2D eigenvalue weighted by atomic mass is 10.2. The van der Waals surface area contributed by atoms with Gasteiger partial charge in [0.2, 0.25) is 0 Å². The molecule has 0 N–H and O–H groups in total. The van der Waals surface area contributed by atoms with Gasteiger partial charge in [0.15, 0.2) is 0 Å². The molecular weight excluding hydrogens is 334 g/mol. The van der Waals surface area contributed by atoms with E-state index in [2.05, 4.69) is 65.8 Å². The van der Waals surface area contributed by atoms with E-state index < -0.39 is 0 Å². The number of aromatic nitrogens is 1. The minimum absolute atomic E-state index is 0.203. The fourth-order valence-electron chi connectivity index (χ4n) is 4.09.